The zero-order valence-electron chi connectivity index (χ0n) is 16.5. The molecule has 0 aromatic heterocycles. The number of nitrogens with one attached hydrogen (secondary N) is 2. The van der Waals surface area contributed by atoms with Gasteiger partial charge in [-0.05, 0) is 31.1 Å². The minimum atomic E-state index is -1.16. The summed E-state index contributed by atoms with van der Waals surface area (Å²) in [7, 11) is 0. The lowest BCUT2D eigenvalue weighted by Gasteiger charge is -2.29. The average molecular weight is 384 g/mol. The summed E-state index contributed by atoms with van der Waals surface area (Å²) in [5.41, 5.74) is 5.98. The number of hydrogen-bond acceptors (Lipinski definition) is 5. The van der Waals surface area contributed by atoms with E-state index in [4.69, 9.17) is 10.8 Å². The fourth-order valence-corrected chi connectivity index (χ4v) is 3.18. The van der Waals surface area contributed by atoms with Crippen molar-refractivity contribution in [2.75, 3.05) is 13.1 Å². The zero-order chi connectivity index (χ0) is 20.7. The lowest BCUT2D eigenvalue weighted by atomic mass is 10.0. The van der Waals surface area contributed by atoms with Crippen molar-refractivity contribution in [3.8, 4) is 0 Å². The Morgan fingerprint density at radius 1 is 1.19 bits per heavy atom. The highest BCUT2D eigenvalue weighted by molar-refractivity contribution is 5.94. The molecule has 0 bridgehead atoms. The van der Waals surface area contributed by atoms with E-state index in [1.807, 2.05) is 13.8 Å². The molecule has 0 radical (unpaired) electrons. The Balaban J connectivity index is 2.78. The highest BCUT2D eigenvalue weighted by Crippen LogP contribution is 2.20. The van der Waals surface area contributed by atoms with Crippen LogP contribution in [0.5, 0.6) is 0 Å². The van der Waals surface area contributed by atoms with Crippen LogP contribution >= 0.6 is 0 Å². The topological polar surface area (TPSA) is 142 Å². The van der Waals surface area contributed by atoms with E-state index in [1.165, 1.54) is 4.90 Å². The van der Waals surface area contributed by atoms with Crippen LogP contribution in [0.1, 0.15) is 47.0 Å². The van der Waals surface area contributed by atoms with Gasteiger partial charge in [-0.25, -0.2) is 0 Å². The average Bonchev–Trinajstić information content (AvgIpc) is 3.05. The van der Waals surface area contributed by atoms with Crippen molar-refractivity contribution in [1.29, 1.82) is 0 Å². The van der Waals surface area contributed by atoms with Crippen molar-refractivity contribution in [2.24, 2.45) is 17.6 Å². The maximum absolute atomic E-state index is 12.7. The van der Waals surface area contributed by atoms with Crippen molar-refractivity contribution in [3.63, 3.8) is 0 Å². The Bertz CT molecular complexity index is 564. The van der Waals surface area contributed by atoms with Gasteiger partial charge in [0, 0.05) is 6.54 Å². The lowest BCUT2D eigenvalue weighted by molar-refractivity contribution is -0.141. The minimum absolute atomic E-state index is 0.239. The molecule has 0 spiro atoms. The molecule has 0 aromatic carbocycles. The van der Waals surface area contributed by atoms with Crippen LogP contribution in [0.25, 0.3) is 0 Å². The van der Waals surface area contributed by atoms with Gasteiger partial charge in [0.05, 0.1) is 6.04 Å². The van der Waals surface area contributed by atoms with Gasteiger partial charge in [0.25, 0.3) is 0 Å². The van der Waals surface area contributed by atoms with Gasteiger partial charge in [-0.15, -0.1) is 0 Å². The SMILES string of the molecule is CC(C)CC(N)C(=O)N1CCCC1C(=O)NC(C(=O)NCC(=O)O)C(C)C. The minimum Gasteiger partial charge on any atom is -0.480 e. The molecule has 3 atom stereocenters. The number of carboxylic acid groups (broad SMARTS) is 1. The predicted octanol–water partition coefficient (Wildman–Crippen LogP) is -0.308. The summed E-state index contributed by atoms with van der Waals surface area (Å²) in [6.45, 7) is 7.40. The summed E-state index contributed by atoms with van der Waals surface area (Å²) in [4.78, 5) is 49.6. The quantitative estimate of drug-likeness (QED) is 0.430. The second-order valence-corrected chi connectivity index (χ2v) is 7.77. The van der Waals surface area contributed by atoms with E-state index in [-0.39, 0.29) is 17.7 Å². The van der Waals surface area contributed by atoms with Gasteiger partial charge in [0.2, 0.25) is 17.7 Å². The van der Waals surface area contributed by atoms with E-state index in [1.54, 1.807) is 13.8 Å². The summed E-state index contributed by atoms with van der Waals surface area (Å²) < 4.78 is 0. The van der Waals surface area contributed by atoms with Crippen LogP contribution in [-0.4, -0.2) is 64.9 Å². The number of nitrogens with two attached hydrogens (primary N) is 1. The second-order valence-electron chi connectivity index (χ2n) is 7.77. The number of rotatable bonds is 9. The summed E-state index contributed by atoms with van der Waals surface area (Å²) in [6.07, 6.45) is 1.74. The fraction of sp³-hybridized carbons (Fsp3) is 0.778. The smallest absolute Gasteiger partial charge is 0.322 e. The Morgan fingerprint density at radius 2 is 1.81 bits per heavy atom. The molecule has 0 aliphatic carbocycles. The first-order chi connectivity index (χ1) is 12.5. The molecule has 1 heterocycles. The summed E-state index contributed by atoms with van der Waals surface area (Å²) in [5.74, 6) is -2.37. The number of carbonyl (C=O) groups excluding carboxylic acids is 3. The summed E-state index contributed by atoms with van der Waals surface area (Å²) >= 11 is 0. The third kappa shape index (κ3) is 6.82. The number of likely N-dealkylation sites (tertiary alicyclic amines) is 1. The fourth-order valence-electron chi connectivity index (χ4n) is 3.18. The Kier molecular flexibility index (Phi) is 8.68. The molecule has 154 valence electrons. The molecule has 0 saturated carbocycles. The molecule has 27 heavy (non-hydrogen) atoms. The van der Waals surface area contributed by atoms with Crippen molar-refractivity contribution in [3.05, 3.63) is 0 Å². The molecule has 3 amide bonds. The van der Waals surface area contributed by atoms with Crippen LogP contribution in [0.2, 0.25) is 0 Å². The first kappa shape index (κ1) is 22.9. The monoisotopic (exact) mass is 384 g/mol. The van der Waals surface area contributed by atoms with Crippen LogP contribution < -0.4 is 16.4 Å². The molecule has 1 saturated heterocycles. The lowest BCUT2D eigenvalue weighted by Crippen LogP contribution is -2.56. The van der Waals surface area contributed by atoms with Gasteiger partial charge in [-0.1, -0.05) is 27.7 Å². The molecule has 1 aliphatic heterocycles. The predicted molar refractivity (Wildman–Crippen MR) is 99.6 cm³/mol. The van der Waals surface area contributed by atoms with Crippen molar-refractivity contribution < 1.29 is 24.3 Å². The molecule has 1 fully saturated rings. The summed E-state index contributed by atoms with van der Waals surface area (Å²) in [5, 5.41) is 13.6. The molecular formula is C18H32N4O5. The van der Waals surface area contributed by atoms with Gasteiger partial charge in [0.15, 0.2) is 0 Å². The Labute approximate surface area is 160 Å². The number of aliphatic carboxylic acids is 1. The highest BCUT2D eigenvalue weighted by Gasteiger charge is 2.38. The normalized spacial score (nSPS) is 19.1. The van der Waals surface area contributed by atoms with Gasteiger partial charge < -0.3 is 26.4 Å². The van der Waals surface area contributed by atoms with E-state index in [0.29, 0.717) is 25.8 Å². The zero-order valence-corrected chi connectivity index (χ0v) is 16.5. The van der Waals surface area contributed by atoms with Gasteiger partial charge in [-0.2, -0.15) is 0 Å². The van der Waals surface area contributed by atoms with Crippen molar-refractivity contribution in [2.45, 2.75) is 65.1 Å². The maximum Gasteiger partial charge on any atom is 0.322 e. The standard InChI is InChI=1S/C18H32N4O5/c1-10(2)8-12(19)18(27)22-7-5-6-13(22)16(25)21-15(11(3)4)17(26)20-9-14(23)24/h10-13,15H,5-9,19H2,1-4H3,(H,20,26)(H,21,25)(H,23,24). The Hall–Kier alpha value is -2.16. The molecular weight excluding hydrogens is 352 g/mol. The van der Waals surface area contributed by atoms with E-state index in [0.717, 1.165) is 0 Å². The van der Waals surface area contributed by atoms with Crippen molar-refractivity contribution in [1.82, 2.24) is 15.5 Å². The Morgan fingerprint density at radius 3 is 2.33 bits per heavy atom. The van der Waals surface area contributed by atoms with E-state index in [9.17, 15) is 19.2 Å². The number of amides is 3. The second kappa shape index (κ2) is 10.2. The van der Waals surface area contributed by atoms with Crippen LogP contribution in [0.15, 0.2) is 0 Å². The van der Waals surface area contributed by atoms with Crippen LogP contribution in [0.3, 0.4) is 0 Å². The first-order valence-corrected chi connectivity index (χ1v) is 9.40. The summed E-state index contributed by atoms with van der Waals surface area (Å²) in [6, 6.07) is -2.19. The van der Waals surface area contributed by atoms with Gasteiger partial charge >= 0.3 is 5.97 Å². The molecule has 9 nitrogen and oxygen atoms in total. The van der Waals surface area contributed by atoms with Gasteiger partial charge in [-0.3, -0.25) is 19.2 Å². The number of carboxylic acids is 1. The molecule has 3 unspecified atom stereocenters. The van der Waals surface area contributed by atoms with Crippen molar-refractivity contribution >= 4 is 23.7 Å². The largest absolute Gasteiger partial charge is 0.480 e. The van der Waals surface area contributed by atoms with E-state index < -0.39 is 42.5 Å². The van der Waals surface area contributed by atoms with Crippen LogP contribution in [0.4, 0.5) is 0 Å². The van der Waals surface area contributed by atoms with Gasteiger partial charge in [0.1, 0.15) is 18.6 Å². The third-order valence-electron chi connectivity index (χ3n) is 4.54. The van der Waals surface area contributed by atoms with E-state index >= 15 is 0 Å². The first-order valence-electron chi connectivity index (χ1n) is 9.40. The number of nitrogens with zero attached hydrogens (tertiary/aromatic N) is 1. The number of hydrogen-bond donors (Lipinski definition) is 4. The van der Waals surface area contributed by atoms with Crippen LogP contribution in [0, 0.1) is 11.8 Å². The van der Waals surface area contributed by atoms with Crippen LogP contribution in [-0.2, 0) is 19.2 Å². The molecule has 9 heteroatoms. The molecule has 1 rings (SSSR count). The van der Waals surface area contributed by atoms with E-state index in [2.05, 4.69) is 10.6 Å². The molecule has 1 aliphatic rings. The molecule has 5 N–H and O–H groups in total. The molecule has 0 aromatic rings. The highest BCUT2D eigenvalue weighted by atomic mass is 16.4. The number of carbonyl (C=O) groups is 4. The maximum atomic E-state index is 12.7. The third-order valence-corrected chi connectivity index (χ3v) is 4.54.